The maximum Gasteiger partial charge on any atom is 1.00 e. The molecule has 3 aliphatic heterocycles. The van der Waals surface area contributed by atoms with Crippen LogP contribution < -0.4 is 85.0 Å². The summed E-state index contributed by atoms with van der Waals surface area (Å²) in [7, 11) is 0. The first-order valence-corrected chi connectivity index (χ1v) is 15.8. The third kappa shape index (κ3) is 7.44. The van der Waals surface area contributed by atoms with Gasteiger partial charge in [0.1, 0.15) is 11.2 Å². The van der Waals surface area contributed by atoms with Crippen molar-refractivity contribution in [2.75, 3.05) is 30.3 Å². The Kier molecular flexibility index (Phi) is 13.5. The van der Waals surface area contributed by atoms with Crippen LogP contribution in [0.2, 0.25) is 5.02 Å². The third-order valence-corrected chi connectivity index (χ3v) is 10.5. The number of rotatable bonds is 11. The smallest absolute Gasteiger partial charge is 0.545 e. The number of anilines is 1. The van der Waals surface area contributed by atoms with Crippen molar-refractivity contribution in [1.82, 2.24) is 19.5 Å². The van der Waals surface area contributed by atoms with E-state index in [4.69, 9.17) is 23.8 Å². The van der Waals surface area contributed by atoms with Crippen molar-refractivity contribution >= 4 is 93.4 Å². The fourth-order valence-electron chi connectivity index (χ4n) is 5.43. The standard InChI is InChI=1S/C26H25ClFN5O8S3.2Na/c1-10(34)17-23(37)33-21(26(40)41)15(44-24(17)33)7-32(9-42)43-8-16(35)30-11-2-3-31(6-11)20-14(28)4-12-19(18(20)27)29-5-13(22(12)36)25(38)39;;/h4-5,9-11,17,24,34H,2-3,6-8H2,1H3,(H,29,36)(H,30,35)(H,38,39)(H,40,41);;/q;2*+1/p-2/t10-,11?,17-,24-;;/m1../s1. The number of pyridine rings is 1. The van der Waals surface area contributed by atoms with Crippen LogP contribution in [-0.2, 0) is 14.4 Å². The van der Waals surface area contributed by atoms with E-state index in [0.29, 0.717) is 17.9 Å². The Bertz CT molecular complexity index is 1700. The predicted molar refractivity (Wildman–Crippen MR) is 161 cm³/mol. The summed E-state index contributed by atoms with van der Waals surface area (Å²) >= 11 is 13.6. The number of fused-ring (bicyclic) bond motifs is 2. The summed E-state index contributed by atoms with van der Waals surface area (Å²) in [6.45, 7) is 1.98. The number of aromatic carboxylic acids is 1. The van der Waals surface area contributed by atoms with Gasteiger partial charge in [0.15, 0.2) is 5.43 Å². The molecule has 3 aliphatic rings. The molecule has 20 heteroatoms. The Morgan fingerprint density at radius 3 is 2.63 bits per heavy atom. The van der Waals surface area contributed by atoms with E-state index in [9.17, 15) is 39.3 Å². The number of nitrogens with zero attached hydrogens (tertiary/aromatic N) is 3. The molecular formula is C26H23ClFN5Na2O8S3. The molecule has 0 aliphatic carbocycles. The quantitative estimate of drug-likeness (QED) is 0.0858. The fourth-order valence-corrected chi connectivity index (χ4v) is 8.38. The summed E-state index contributed by atoms with van der Waals surface area (Å²) in [5, 5.41) is 34.8. The van der Waals surface area contributed by atoms with Crippen molar-refractivity contribution in [3.8, 4) is 0 Å². The van der Waals surface area contributed by atoms with Crippen LogP contribution in [0.1, 0.15) is 23.7 Å². The summed E-state index contributed by atoms with van der Waals surface area (Å²) in [5.41, 5.74) is -0.539. The van der Waals surface area contributed by atoms with E-state index in [1.807, 2.05) is 0 Å². The zero-order valence-electron chi connectivity index (χ0n) is 24.7. The van der Waals surface area contributed by atoms with Gasteiger partial charge in [-0.15, -0.1) is 0 Å². The topological polar surface area (TPSA) is 189 Å². The minimum atomic E-state index is -1.71. The molecule has 4 heterocycles. The second kappa shape index (κ2) is 15.9. The molecule has 3 N–H and O–H groups in total. The van der Waals surface area contributed by atoms with Crippen LogP contribution in [0.25, 0.3) is 10.9 Å². The third-order valence-electron chi connectivity index (χ3n) is 7.48. The molecule has 13 nitrogen and oxygen atoms in total. The Labute approximate surface area is 324 Å². The van der Waals surface area contributed by atoms with Gasteiger partial charge in [-0.05, 0) is 31.4 Å². The van der Waals surface area contributed by atoms with E-state index < -0.39 is 52.1 Å². The summed E-state index contributed by atoms with van der Waals surface area (Å²) in [4.78, 5) is 66.2. The second-order valence-electron chi connectivity index (χ2n) is 10.3. The number of amides is 2. The number of carboxylic acids is 2. The number of hydrogen-bond acceptors (Lipinski definition) is 12. The molecule has 0 bridgehead atoms. The van der Waals surface area contributed by atoms with E-state index >= 15 is 4.39 Å². The van der Waals surface area contributed by atoms with Crippen molar-refractivity contribution < 1.29 is 98.0 Å². The summed E-state index contributed by atoms with van der Waals surface area (Å²) in [6, 6.07) is 0.538. The van der Waals surface area contributed by atoms with Gasteiger partial charge in [0.2, 0.25) is 11.8 Å². The van der Waals surface area contributed by atoms with Gasteiger partial charge < -0.3 is 44.4 Å². The normalized spacial score (nSPS) is 20.8. The minimum absolute atomic E-state index is 0. The number of hydrogen-bond donors (Lipinski definition) is 3. The molecule has 2 amide bonds. The molecule has 1 aromatic carbocycles. The average Bonchev–Trinajstić information content (AvgIpc) is 3.53. The van der Waals surface area contributed by atoms with E-state index in [-0.39, 0.29) is 117 Å². The van der Waals surface area contributed by atoms with Gasteiger partial charge in [0.05, 0.1) is 74.6 Å². The monoisotopic (exact) mass is 729 g/mol. The van der Waals surface area contributed by atoms with E-state index in [2.05, 4.69) is 10.3 Å². The average molecular weight is 730 g/mol. The molecule has 0 spiro atoms. The van der Waals surface area contributed by atoms with Crippen LogP contribution in [0.15, 0.2) is 27.7 Å². The number of carboxylic acid groups (broad SMARTS) is 2. The number of thiocarbonyl (C=S) groups is 1. The molecule has 2 aromatic rings. The van der Waals surface area contributed by atoms with E-state index in [1.54, 1.807) is 4.90 Å². The summed E-state index contributed by atoms with van der Waals surface area (Å²) < 4.78 is 16.6. The number of aliphatic hydroxyl groups excluding tert-OH is 1. The SMILES string of the molecule is C[C@@H](O)[C@@H]1C(=O)N2C(C(=O)[O-])=C(CN(C=S)SCC(=O)NC3CCN(c4c(F)cc5c(=O)c(C(=O)[O-])c[nH]c5c4Cl)C3)S[C@H]12.[Na+].[Na+]. The zero-order valence-corrected chi connectivity index (χ0v) is 31.9. The molecule has 46 heavy (non-hydrogen) atoms. The number of aliphatic hydroxyl groups is 1. The Morgan fingerprint density at radius 1 is 1.33 bits per heavy atom. The number of benzene rings is 1. The fraction of sp³-hybridized carbons (Fsp3) is 0.385. The van der Waals surface area contributed by atoms with Gasteiger partial charge in [0, 0.05) is 30.2 Å². The Morgan fingerprint density at radius 2 is 2.02 bits per heavy atom. The maximum absolute atomic E-state index is 15.1. The molecule has 0 saturated carbocycles. The van der Waals surface area contributed by atoms with Crippen LogP contribution in [0, 0.1) is 11.7 Å². The van der Waals surface area contributed by atoms with Gasteiger partial charge in [-0.2, -0.15) is 0 Å². The molecular weight excluding hydrogens is 707 g/mol. The molecule has 4 atom stereocenters. The number of aromatic amines is 1. The van der Waals surface area contributed by atoms with E-state index in [0.717, 1.165) is 40.9 Å². The first kappa shape index (κ1) is 39.1. The zero-order chi connectivity index (χ0) is 32.0. The van der Waals surface area contributed by atoms with Gasteiger partial charge in [-0.3, -0.25) is 19.3 Å². The molecule has 5 rings (SSSR count). The molecule has 2 saturated heterocycles. The largest absolute Gasteiger partial charge is 1.00 e. The Hall–Kier alpha value is -1.38. The van der Waals surface area contributed by atoms with Gasteiger partial charge in [-0.1, -0.05) is 35.6 Å². The van der Waals surface area contributed by atoms with Crippen molar-refractivity contribution in [3.63, 3.8) is 0 Å². The van der Waals surface area contributed by atoms with Gasteiger partial charge in [-0.25, -0.2) is 4.39 Å². The predicted octanol–water partition coefficient (Wildman–Crippen LogP) is -6.83. The first-order valence-electron chi connectivity index (χ1n) is 13.1. The van der Waals surface area contributed by atoms with Crippen LogP contribution in [0.5, 0.6) is 0 Å². The second-order valence-corrected chi connectivity index (χ2v) is 13.1. The number of thioether (sulfide) groups is 1. The first-order chi connectivity index (χ1) is 20.8. The van der Waals surface area contributed by atoms with Crippen molar-refractivity contribution in [2.24, 2.45) is 5.92 Å². The Balaban J connectivity index is 0.00000288. The number of nitrogens with one attached hydrogen (secondary N) is 2. The molecule has 1 unspecified atom stereocenters. The number of carbonyl (C=O) groups is 4. The van der Waals surface area contributed by atoms with E-state index in [1.165, 1.54) is 16.7 Å². The van der Waals surface area contributed by atoms with Gasteiger partial charge >= 0.3 is 59.1 Å². The molecule has 234 valence electrons. The molecule has 1 aromatic heterocycles. The van der Waals surface area contributed by atoms with Crippen LogP contribution in [-0.4, -0.2) is 91.4 Å². The number of H-pyrrole nitrogens is 1. The number of β-lactam (4-membered cyclic amide) rings is 1. The summed E-state index contributed by atoms with van der Waals surface area (Å²) in [6.07, 6.45) is 0.444. The minimum Gasteiger partial charge on any atom is -0.545 e. The molecule has 2 fully saturated rings. The van der Waals surface area contributed by atoms with Gasteiger partial charge in [0.25, 0.3) is 0 Å². The summed E-state index contributed by atoms with van der Waals surface area (Å²) in [5.74, 6) is -5.75. The van der Waals surface area contributed by atoms with Crippen LogP contribution in [0.4, 0.5) is 10.1 Å². The van der Waals surface area contributed by atoms with Crippen molar-refractivity contribution in [2.45, 2.75) is 30.9 Å². The van der Waals surface area contributed by atoms with Crippen molar-refractivity contribution in [1.29, 1.82) is 0 Å². The number of aliphatic carboxylic acids is 1. The number of aromatic nitrogens is 1. The molecule has 0 radical (unpaired) electrons. The maximum atomic E-state index is 15.1. The number of halogens is 2. The van der Waals surface area contributed by atoms with Crippen LogP contribution >= 0.6 is 47.5 Å². The van der Waals surface area contributed by atoms with Crippen LogP contribution in [0.3, 0.4) is 0 Å². The van der Waals surface area contributed by atoms with Crippen molar-refractivity contribution in [3.05, 3.63) is 49.5 Å². The number of carbonyl (C=O) groups excluding carboxylic acids is 4.